The van der Waals surface area contributed by atoms with Gasteiger partial charge in [0.05, 0.1) is 6.54 Å². The fourth-order valence-corrected chi connectivity index (χ4v) is 2.30. The number of ether oxygens (including phenoxy) is 1. The van der Waals surface area contributed by atoms with E-state index in [-0.39, 0.29) is 30.5 Å². The molecule has 1 aliphatic rings. The second-order valence-corrected chi connectivity index (χ2v) is 5.67. The van der Waals surface area contributed by atoms with Gasteiger partial charge in [-0.05, 0) is 37.1 Å². The lowest BCUT2D eigenvalue weighted by Gasteiger charge is -2.36. The maximum Gasteiger partial charge on any atom is 0.258 e. The molecule has 22 heavy (non-hydrogen) atoms. The number of carbonyl (C=O) groups excluding carboxylic acids is 2. The number of benzene rings is 1. The van der Waals surface area contributed by atoms with Gasteiger partial charge in [-0.3, -0.25) is 9.59 Å². The first kappa shape index (κ1) is 16.6. The van der Waals surface area contributed by atoms with Gasteiger partial charge in [-0.15, -0.1) is 0 Å². The van der Waals surface area contributed by atoms with Crippen molar-refractivity contribution in [2.75, 3.05) is 20.2 Å². The van der Waals surface area contributed by atoms with E-state index in [9.17, 15) is 9.59 Å². The minimum atomic E-state index is -0.148. The molecule has 0 unspecified atom stereocenters. The molecule has 120 valence electrons. The van der Waals surface area contributed by atoms with Gasteiger partial charge < -0.3 is 20.7 Å². The minimum absolute atomic E-state index is 0.0194. The molecule has 2 rings (SSSR count). The summed E-state index contributed by atoms with van der Waals surface area (Å²) in [5.74, 6) is 0.423. The molecule has 0 heterocycles. The summed E-state index contributed by atoms with van der Waals surface area (Å²) < 4.78 is 5.37. The van der Waals surface area contributed by atoms with Gasteiger partial charge in [0.25, 0.3) is 5.91 Å². The van der Waals surface area contributed by atoms with Crippen LogP contribution in [-0.2, 0) is 9.59 Å². The Hall–Kier alpha value is -1.79. The van der Waals surface area contributed by atoms with Crippen LogP contribution >= 0.6 is 11.6 Å². The van der Waals surface area contributed by atoms with Crippen molar-refractivity contribution in [1.82, 2.24) is 16.0 Å². The lowest BCUT2D eigenvalue weighted by atomic mass is 9.86. The number of amides is 2. The molecule has 1 aromatic carbocycles. The van der Waals surface area contributed by atoms with E-state index in [1.54, 1.807) is 31.3 Å². The third-order valence-electron chi connectivity index (χ3n) is 3.52. The van der Waals surface area contributed by atoms with Crippen molar-refractivity contribution < 1.29 is 14.3 Å². The van der Waals surface area contributed by atoms with Crippen LogP contribution in [0.1, 0.15) is 12.8 Å². The van der Waals surface area contributed by atoms with Gasteiger partial charge in [-0.25, -0.2) is 0 Å². The predicted molar refractivity (Wildman–Crippen MR) is 84.0 cm³/mol. The average Bonchev–Trinajstić information content (AvgIpc) is 2.48. The normalized spacial score (nSPS) is 19.9. The maximum atomic E-state index is 11.8. The standard InChI is InChI=1S/C15H20ClN3O3/c1-17-14(20)8-18-11-6-12(7-11)19-15(21)9-22-13-4-2-10(16)3-5-13/h2-5,11-12,18H,6-9H2,1H3,(H,17,20)(H,19,21)/t11-,12+. The van der Waals surface area contributed by atoms with Gasteiger partial charge in [0.15, 0.2) is 6.61 Å². The molecule has 6 nitrogen and oxygen atoms in total. The molecular formula is C15H20ClN3O3. The number of carbonyl (C=O) groups is 2. The van der Waals surface area contributed by atoms with Crippen LogP contribution in [0, 0.1) is 0 Å². The number of hydrogen-bond acceptors (Lipinski definition) is 4. The molecule has 0 saturated heterocycles. The highest BCUT2D eigenvalue weighted by Crippen LogP contribution is 2.20. The first-order valence-electron chi connectivity index (χ1n) is 7.18. The van der Waals surface area contributed by atoms with Crippen LogP contribution in [-0.4, -0.2) is 44.1 Å². The van der Waals surface area contributed by atoms with Crippen molar-refractivity contribution >= 4 is 23.4 Å². The van der Waals surface area contributed by atoms with Crippen LogP contribution in [0.5, 0.6) is 5.75 Å². The quantitative estimate of drug-likeness (QED) is 0.689. The highest BCUT2D eigenvalue weighted by Gasteiger charge is 2.30. The summed E-state index contributed by atoms with van der Waals surface area (Å²) in [6.07, 6.45) is 1.65. The Morgan fingerprint density at radius 2 is 1.86 bits per heavy atom. The summed E-state index contributed by atoms with van der Waals surface area (Å²) in [4.78, 5) is 22.8. The zero-order valence-electron chi connectivity index (χ0n) is 12.4. The smallest absolute Gasteiger partial charge is 0.258 e. The number of likely N-dealkylation sites (N-methyl/N-ethyl adjacent to an activating group) is 1. The zero-order valence-corrected chi connectivity index (χ0v) is 13.2. The van der Waals surface area contributed by atoms with Crippen molar-refractivity contribution in [1.29, 1.82) is 0 Å². The van der Waals surface area contributed by atoms with Gasteiger partial charge in [0.2, 0.25) is 5.91 Å². The molecule has 1 aliphatic carbocycles. The molecule has 0 aliphatic heterocycles. The summed E-state index contributed by atoms with van der Waals surface area (Å²) in [6, 6.07) is 7.28. The van der Waals surface area contributed by atoms with E-state index < -0.39 is 0 Å². The summed E-state index contributed by atoms with van der Waals surface area (Å²) in [5, 5.41) is 9.21. The fraction of sp³-hybridized carbons (Fsp3) is 0.467. The Bertz CT molecular complexity index is 515. The first-order chi connectivity index (χ1) is 10.6. The number of nitrogens with one attached hydrogen (secondary N) is 3. The van der Waals surface area contributed by atoms with Crippen LogP contribution in [0.4, 0.5) is 0 Å². The highest BCUT2D eigenvalue weighted by atomic mass is 35.5. The molecule has 2 amide bonds. The topological polar surface area (TPSA) is 79.5 Å². The van der Waals surface area contributed by atoms with Crippen LogP contribution < -0.4 is 20.7 Å². The molecule has 0 radical (unpaired) electrons. The van der Waals surface area contributed by atoms with Crippen molar-refractivity contribution in [3.8, 4) is 5.75 Å². The van der Waals surface area contributed by atoms with Gasteiger partial charge in [-0.2, -0.15) is 0 Å². The van der Waals surface area contributed by atoms with E-state index in [1.165, 1.54) is 0 Å². The van der Waals surface area contributed by atoms with Crippen molar-refractivity contribution in [3.63, 3.8) is 0 Å². The Morgan fingerprint density at radius 1 is 1.18 bits per heavy atom. The summed E-state index contributed by atoms with van der Waals surface area (Å²) >= 11 is 5.77. The molecule has 0 bridgehead atoms. The van der Waals surface area contributed by atoms with Crippen LogP contribution in [0.15, 0.2) is 24.3 Å². The minimum Gasteiger partial charge on any atom is -0.484 e. The molecule has 0 aromatic heterocycles. The predicted octanol–water partition coefficient (Wildman–Crippen LogP) is 0.702. The van der Waals surface area contributed by atoms with E-state index in [0.29, 0.717) is 17.3 Å². The molecule has 1 fully saturated rings. The highest BCUT2D eigenvalue weighted by molar-refractivity contribution is 6.30. The van der Waals surface area contributed by atoms with E-state index >= 15 is 0 Å². The van der Waals surface area contributed by atoms with E-state index in [2.05, 4.69) is 16.0 Å². The molecule has 1 aromatic rings. The van der Waals surface area contributed by atoms with Crippen LogP contribution in [0.25, 0.3) is 0 Å². The number of halogens is 1. The Kier molecular flexibility index (Phi) is 6.03. The van der Waals surface area contributed by atoms with E-state index in [1.807, 2.05) is 0 Å². The SMILES string of the molecule is CNC(=O)CN[C@H]1C[C@@H](NC(=O)COc2ccc(Cl)cc2)C1. The Morgan fingerprint density at radius 3 is 2.50 bits per heavy atom. The third-order valence-corrected chi connectivity index (χ3v) is 3.77. The maximum absolute atomic E-state index is 11.8. The Balaban J connectivity index is 1.59. The Labute approximate surface area is 134 Å². The second-order valence-electron chi connectivity index (χ2n) is 5.23. The van der Waals surface area contributed by atoms with Crippen molar-refractivity contribution in [2.24, 2.45) is 0 Å². The van der Waals surface area contributed by atoms with Gasteiger partial charge in [0.1, 0.15) is 5.75 Å². The summed E-state index contributed by atoms with van der Waals surface area (Å²) in [5.41, 5.74) is 0. The average molecular weight is 326 g/mol. The van der Waals surface area contributed by atoms with Crippen LogP contribution in [0.2, 0.25) is 5.02 Å². The zero-order chi connectivity index (χ0) is 15.9. The largest absolute Gasteiger partial charge is 0.484 e. The van der Waals surface area contributed by atoms with Crippen molar-refractivity contribution in [3.05, 3.63) is 29.3 Å². The number of hydrogen-bond donors (Lipinski definition) is 3. The van der Waals surface area contributed by atoms with Gasteiger partial charge >= 0.3 is 0 Å². The lowest BCUT2D eigenvalue weighted by Crippen LogP contribution is -2.54. The van der Waals surface area contributed by atoms with E-state index in [4.69, 9.17) is 16.3 Å². The summed E-state index contributed by atoms with van der Waals surface area (Å²) in [6.45, 7) is 0.288. The van der Waals surface area contributed by atoms with Gasteiger partial charge in [0, 0.05) is 24.2 Å². The molecule has 3 N–H and O–H groups in total. The lowest BCUT2D eigenvalue weighted by molar-refractivity contribution is -0.125. The molecular weight excluding hydrogens is 306 g/mol. The second kappa shape index (κ2) is 8.00. The summed E-state index contributed by atoms with van der Waals surface area (Å²) in [7, 11) is 1.61. The molecule has 1 saturated carbocycles. The van der Waals surface area contributed by atoms with Gasteiger partial charge in [-0.1, -0.05) is 11.6 Å². The van der Waals surface area contributed by atoms with E-state index in [0.717, 1.165) is 12.8 Å². The number of rotatable bonds is 7. The molecule has 0 spiro atoms. The first-order valence-corrected chi connectivity index (χ1v) is 7.56. The monoisotopic (exact) mass is 325 g/mol. The third kappa shape index (κ3) is 5.20. The molecule has 0 atom stereocenters. The fourth-order valence-electron chi connectivity index (χ4n) is 2.18. The molecule has 7 heteroatoms. The van der Waals surface area contributed by atoms with Crippen LogP contribution in [0.3, 0.4) is 0 Å². The van der Waals surface area contributed by atoms with Crippen molar-refractivity contribution in [2.45, 2.75) is 24.9 Å².